The van der Waals surface area contributed by atoms with Gasteiger partial charge < -0.3 is 28.4 Å². The van der Waals surface area contributed by atoms with Gasteiger partial charge in [-0.15, -0.1) is 0 Å². The van der Waals surface area contributed by atoms with Crippen molar-refractivity contribution in [1.82, 2.24) is 0 Å². The second kappa shape index (κ2) is 11.4. The topological polar surface area (TPSA) is 147 Å². The minimum Gasteiger partial charge on any atom is -0.463 e. The maximum atomic E-state index is 11.6. The zero-order valence-electron chi connectivity index (χ0n) is 18.1. The van der Waals surface area contributed by atoms with E-state index >= 15 is 0 Å². The molecule has 0 aliphatic carbocycles. The first-order valence-corrected chi connectivity index (χ1v) is 9.82. The van der Waals surface area contributed by atoms with Crippen LogP contribution in [0.1, 0.15) is 27.7 Å². The molecule has 2 aliphatic rings. The van der Waals surface area contributed by atoms with Crippen LogP contribution in [0.25, 0.3) is 0 Å². The fraction of sp³-hybridized carbons (Fsp3) is 0.571. The van der Waals surface area contributed by atoms with Crippen LogP contribution in [0.5, 0.6) is 0 Å². The molecule has 0 spiro atoms. The van der Waals surface area contributed by atoms with Crippen LogP contribution in [0.4, 0.5) is 0 Å². The normalized spacial score (nSPS) is 29.2. The first kappa shape index (κ1) is 25.0. The SMILES string of the molecule is CC(=O)OC[C@H]1O[C@H](C2=C[C@@H](OC(C)=O)[C@@H](COC(C)=O)O[C@@H]2C#N)C=C[C@H]1OC(C)=O. The molecule has 0 radical (unpaired) electrons. The third-order valence-corrected chi connectivity index (χ3v) is 4.45. The molecule has 0 saturated heterocycles. The lowest BCUT2D eigenvalue weighted by Gasteiger charge is -2.37. The van der Waals surface area contributed by atoms with Crippen LogP contribution in [0.2, 0.25) is 0 Å². The van der Waals surface area contributed by atoms with E-state index in [4.69, 9.17) is 28.4 Å². The van der Waals surface area contributed by atoms with E-state index in [0.717, 1.165) is 0 Å². The minimum atomic E-state index is -1.10. The molecule has 0 aromatic heterocycles. The lowest BCUT2D eigenvalue weighted by Crippen LogP contribution is -2.47. The zero-order valence-corrected chi connectivity index (χ0v) is 18.1. The van der Waals surface area contributed by atoms with E-state index in [1.54, 1.807) is 12.2 Å². The largest absolute Gasteiger partial charge is 0.463 e. The molecule has 2 heterocycles. The highest BCUT2D eigenvalue weighted by Crippen LogP contribution is 2.30. The van der Waals surface area contributed by atoms with Crippen LogP contribution in [-0.4, -0.2) is 73.7 Å². The van der Waals surface area contributed by atoms with Gasteiger partial charge in [0.25, 0.3) is 0 Å². The maximum Gasteiger partial charge on any atom is 0.303 e. The highest BCUT2D eigenvalue weighted by atomic mass is 16.6. The lowest BCUT2D eigenvalue weighted by molar-refractivity contribution is -0.165. The summed E-state index contributed by atoms with van der Waals surface area (Å²) in [6, 6.07) is 2.00. The molecule has 0 saturated carbocycles. The van der Waals surface area contributed by atoms with Gasteiger partial charge in [0.05, 0.1) is 6.07 Å². The molecule has 2 rings (SSSR count). The van der Waals surface area contributed by atoms with Crippen molar-refractivity contribution in [2.75, 3.05) is 13.2 Å². The number of nitrogens with zero attached hydrogens (tertiary/aromatic N) is 1. The first-order chi connectivity index (χ1) is 15.1. The summed E-state index contributed by atoms with van der Waals surface area (Å²) in [4.78, 5) is 45.3. The number of rotatable bonds is 7. The van der Waals surface area contributed by atoms with E-state index < -0.39 is 60.5 Å². The number of ether oxygens (including phenoxy) is 6. The van der Waals surface area contributed by atoms with Gasteiger partial charge in [-0.2, -0.15) is 5.26 Å². The van der Waals surface area contributed by atoms with Gasteiger partial charge in [0, 0.05) is 33.3 Å². The van der Waals surface area contributed by atoms with Crippen molar-refractivity contribution in [3.05, 3.63) is 23.8 Å². The van der Waals surface area contributed by atoms with Crippen molar-refractivity contribution in [3.63, 3.8) is 0 Å². The number of carbonyl (C=O) groups is 4. The van der Waals surface area contributed by atoms with Gasteiger partial charge in [-0.05, 0) is 12.2 Å². The van der Waals surface area contributed by atoms with Gasteiger partial charge >= 0.3 is 23.9 Å². The van der Waals surface area contributed by atoms with E-state index in [0.29, 0.717) is 5.57 Å². The summed E-state index contributed by atoms with van der Waals surface area (Å²) in [6.07, 6.45) is -0.776. The molecule has 0 fully saturated rings. The molecular formula is C21H25NO10. The molecule has 0 bridgehead atoms. The van der Waals surface area contributed by atoms with Crippen molar-refractivity contribution in [2.45, 2.75) is 64.3 Å². The predicted octanol–water partition coefficient (Wildman–Crippen LogP) is 0.517. The third-order valence-electron chi connectivity index (χ3n) is 4.45. The van der Waals surface area contributed by atoms with E-state index in [9.17, 15) is 24.4 Å². The van der Waals surface area contributed by atoms with Crippen LogP contribution >= 0.6 is 0 Å². The Balaban J connectivity index is 2.31. The van der Waals surface area contributed by atoms with Gasteiger partial charge in [-0.25, -0.2) is 0 Å². The third kappa shape index (κ3) is 7.18. The van der Waals surface area contributed by atoms with Crippen LogP contribution in [0.15, 0.2) is 23.8 Å². The quantitative estimate of drug-likeness (QED) is 0.303. The van der Waals surface area contributed by atoms with Gasteiger partial charge in [-0.3, -0.25) is 19.2 Å². The highest BCUT2D eigenvalue weighted by Gasteiger charge is 2.40. The first-order valence-electron chi connectivity index (χ1n) is 9.82. The second-order valence-corrected chi connectivity index (χ2v) is 7.08. The van der Waals surface area contributed by atoms with Crippen molar-refractivity contribution in [2.24, 2.45) is 0 Å². The summed E-state index contributed by atoms with van der Waals surface area (Å²) in [6.45, 7) is 4.48. The van der Waals surface area contributed by atoms with E-state index in [2.05, 4.69) is 0 Å². The Morgan fingerprint density at radius 1 is 0.844 bits per heavy atom. The summed E-state index contributed by atoms with van der Waals surface area (Å²) in [7, 11) is 0. The van der Waals surface area contributed by atoms with Crippen molar-refractivity contribution in [3.8, 4) is 6.07 Å². The maximum absolute atomic E-state index is 11.6. The molecule has 0 unspecified atom stereocenters. The number of hydrogen-bond acceptors (Lipinski definition) is 11. The number of nitriles is 1. The van der Waals surface area contributed by atoms with Gasteiger partial charge in [0.1, 0.15) is 43.7 Å². The van der Waals surface area contributed by atoms with E-state index in [-0.39, 0.29) is 13.2 Å². The lowest BCUT2D eigenvalue weighted by atomic mass is 9.94. The van der Waals surface area contributed by atoms with Crippen LogP contribution in [0, 0.1) is 11.3 Å². The molecule has 11 nitrogen and oxygen atoms in total. The molecule has 0 N–H and O–H groups in total. The number of hydrogen-bond donors (Lipinski definition) is 0. The molecule has 2 aliphatic heterocycles. The average molecular weight is 451 g/mol. The van der Waals surface area contributed by atoms with Crippen molar-refractivity contribution in [1.29, 1.82) is 5.26 Å². The zero-order chi connectivity index (χ0) is 23.8. The van der Waals surface area contributed by atoms with Gasteiger partial charge in [-0.1, -0.05) is 6.08 Å². The molecule has 0 aromatic rings. The standard InChI is InChI=1S/C21H25NO10/c1-11(23)27-9-20-17(29-13(3)25)6-5-16(31-20)15-7-18(30-14(4)26)21(10-28-12(2)24)32-19(15)8-22/h5-7,16-21H,9-10H2,1-4H3/t16-,17+,18+,19+,20+,21+/m0/s1. The second-order valence-electron chi connectivity index (χ2n) is 7.08. The highest BCUT2D eigenvalue weighted by molar-refractivity contribution is 5.67. The summed E-state index contributed by atoms with van der Waals surface area (Å²) in [5, 5.41) is 9.62. The summed E-state index contributed by atoms with van der Waals surface area (Å²) < 4.78 is 32.1. The fourth-order valence-corrected chi connectivity index (χ4v) is 3.17. The molecule has 174 valence electrons. The smallest absolute Gasteiger partial charge is 0.303 e. The fourth-order valence-electron chi connectivity index (χ4n) is 3.17. The average Bonchev–Trinajstić information content (AvgIpc) is 2.70. The molecule has 0 amide bonds. The molecule has 0 aromatic carbocycles. The van der Waals surface area contributed by atoms with Gasteiger partial charge in [0.15, 0.2) is 6.10 Å². The minimum absolute atomic E-state index is 0.193. The summed E-state index contributed by atoms with van der Waals surface area (Å²) in [5.41, 5.74) is 0.336. The van der Waals surface area contributed by atoms with Crippen molar-refractivity contribution >= 4 is 23.9 Å². The van der Waals surface area contributed by atoms with Crippen LogP contribution in [-0.2, 0) is 47.6 Å². The van der Waals surface area contributed by atoms with Crippen LogP contribution < -0.4 is 0 Å². The molecule has 6 atom stereocenters. The Morgan fingerprint density at radius 3 is 1.88 bits per heavy atom. The number of carbonyl (C=O) groups excluding carboxylic acids is 4. The Kier molecular flexibility index (Phi) is 8.92. The number of esters is 4. The summed E-state index contributed by atoms with van der Waals surface area (Å²) >= 11 is 0. The Hall–Kier alpha value is -3.23. The molecule has 32 heavy (non-hydrogen) atoms. The van der Waals surface area contributed by atoms with E-state index in [1.165, 1.54) is 33.8 Å². The monoisotopic (exact) mass is 451 g/mol. The van der Waals surface area contributed by atoms with Crippen molar-refractivity contribution < 1.29 is 47.6 Å². The van der Waals surface area contributed by atoms with Crippen LogP contribution in [0.3, 0.4) is 0 Å². The van der Waals surface area contributed by atoms with Gasteiger partial charge in [0.2, 0.25) is 0 Å². The summed E-state index contributed by atoms with van der Waals surface area (Å²) in [5.74, 6) is -2.24. The Labute approximate surface area is 184 Å². The molecule has 11 heteroatoms. The Morgan fingerprint density at radius 2 is 1.38 bits per heavy atom. The Bertz CT molecular complexity index is 842. The van der Waals surface area contributed by atoms with E-state index in [1.807, 2.05) is 6.07 Å². The molecular weight excluding hydrogens is 426 g/mol. The predicted molar refractivity (Wildman–Crippen MR) is 105 cm³/mol.